The van der Waals surface area contributed by atoms with Crippen molar-refractivity contribution in [1.82, 2.24) is 14.6 Å². The molecule has 1 fully saturated rings. The number of aromatic nitrogens is 2. The molecule has 1 amide bonds. The van der Waals surface area contributed by atoms with Gasteiger partial charge in [0.05, 0.1) is 15.6 Å². The lowest BCUT2D eigenvalue weighted by atomic mass is 9.72. The molecule has 2 aromatic heterocycles. The summed E-state index contributed by atoms with van der Waals surface area (Å²) in [5.74, 6) is -1.38. The van der Waals surface area contributed by atoms with Crippen LogP contribution in [0.25, 0.3) is 28.2 Å². The zero-order valence-corrected chi connectivity index (χ0v) is 31.4. The van der Waals surface area contributed by atoms with Crippen molar-refractivity contribution in [3.05, 3.63) is 92.3 Å². The molecule has 1 aliphatic carbocycles. The van der Waals surface area contributed by atoms with E-state index >= 15 is 4.79 Å². The molecule has 0 unspecified atom stereocenters. The molecule has 0 aliphatic heterocycles. The summed E-state index contributed by atoms with van der Waals surface area (Å²) in [6, 6.07) is 8.37. The van der Waals surface area contributed by atoms with Crippen LogP contribution in [0.1, 0.15) is 88.1 Å². The summed E-state index contributed by atoms with van der Waals surface area (Å²) in [4.78, 5) is 42.6. The van der Waals surface area contributed by atoms with Crippen molar-refractivity contribution in [1.29, 1.82) is 0 Å². The summed E-state index contributed by atoms with van der Waals surface area (Å²) in [7, 11) is 0. The van der Waals surface area contributed by atoms with E-state index < -0.39 is 34.5 Å². The van der Waals surface area contributed by atoms with Gasteiger partial charge in [-0.15, -0.1) is 6.58 Å². The van der Waals surface area contributed by atoms with Crippen LogP contribution in [0.5, 0.6) is 0 Å². The van der Waals surface area contributed by atoms with Gasteiger partial charge < -0.3 is 14.4 Å². The minimum Gasteiger partial charge on any atom is -0.478 e. The fourth-order valence-corrected chi connectivity index (χ4v) is 7.42. The normalized spacial score (nSPS) is 14.7. The molecule has 4 aromatic rings. The van der Waals surface area contributed by atoms with Crippen molar-refractivity contribution in [2.45, 2.75) is 78.9 Å². The third-order valence-corrected chi connectivity index (χ3v) is 9.62. The van der Waals surface area contributed by atoms with E-state index in [1.165, 1.54) is 21.6 Å². The van der Waals surface area contributed by atoms with Crippen LogP contribution in [0.3, 0.4) is 0 Å². The lowest BCUT2D eigenvalue weighted by Gasteiger charge is -2.48. The zero-order chi connectivity index (χ0) is 36.9. The van der Waals surface area contributed by atoms with Crippen LogP contribution >= 0.6 is 34.8 Å². The molecule has 9 nitrogen and oxygen atoms in total. The lowest BCUT2D eigenvalue weighted by Crippen LogP contribution is -2.55. The molecule has 1 saturated carbocycles. The van der Waals surface area contributed by atoms with Crippen molar-refractivity contribution in [2.75, 3.05) is 6.54 Å². The van der Waals surface area contributed by atoms with Crippen molar-refractivity contribution in [2.24, 2.45) is 5.41 Å². The highest BCUT2D eigenvalue weighted by Crippen LogP contribution is 2.51. The number of ether oxygens (including phenoxy) is 1. The quantitative estimate of drug-likeness (QED) is 0.141. The Bertz CT molecular complexity index is 2030. The Kier molecular flexibility index (Phi) is 10.1. The van der Waals surface area contributed by atoms with Gasteiger partial charge in [-0.2, -0.15) is 0 Å². The number of carbonyl (C=O) groups is 3. The van der Waals surface area contributed by atoms with Crippen molar-refractivity contribution < 1.29 is 28.8 Å². The maximum absolute atomic E-state index is 15.1. The van der Waals surface area contributed by atoms with E-state index in [1.54, 1.807) is 51.3 Å². The molecule has 0 spiro atoms. The highest BCUT2D eigenvalue weighted by Gasteiger charge is 2.53. The highest BCUT2D eigenvalue weighted by molar-refractivity contribution is 6.42. The molecular formula is C38H40Cl3N3O6. The molecule has 264 valence electrons. The van der Waals surface area contributed by atoms with Gasteiger partial charge in [0.25, 0.3) is 5.91 Å². The fourth-order valence-electron chi connectivity index (χ4n) is 6.43. The number of carbonyl (C=O) groups excluding carboxylic acids is 2. The van der Waals surface area contributed by atoms with Crippen LogP contribution in [-0.4, -0.2) is 49.8 Å². The Morgan fingerprint density at radius 1 is 1.10 bits per heavy atom. The second-order valence-corrected chi connectivity index (χ2v) is 15.8. The Labute approximate surface area is 306 Å². The largest absolute Gasteiger partial charge is 0.478 e. The van der Waals surface area contributed by atoms with Gasteiger partial charge in [0.15, 0.2) is 5.76 Å². The summed E-state index contributed by atoms with van der Waals surface area (Å²) in [6.07, 6.45) is 6.00. The predicted molar refractivity (Wildman–Crippen MR) is 197 cm³/mol. The topological polar surface area (TPSA) is 115 Å². The molecule has 2 heterocycles. The summed E-state index contributed by atoms with van der Waals surface area (Å²) >= 11 is 19.7. The maximum atomic E-state index is 15.1. The first-order valence-corrected chi connectivity index (χ1v) is 17.3. The Morgan fingerprint density at radius 3 is 2.26 bits per heavy atom. The van der Waals surface area contributed by atoms with Crippen molar-refractivity contribution in [3.63, 3.8) is 0 Å². The van der Waals surface area contributed by atoms with Crippen molar-refractivity contribution in [3.8, 4) is 11.3 Å². The first-order valence-electron chi connectivity index (χ1n) is 16.2. The van der Waals surface area contributed by atoms with Gasteiger partial charge in [-0.3, -0.25) is 14.3 Å². The third-order valence-electron chi connectivity index (χ3n) is 8.80. The Morgan fingerprint density at radius 2 is 1.74 bits per heavy atom. The number of nitrogens with zero attached hydrogens (tertiary/aromatic N) is 3. The van der Waals surface area contributed by atoms with E-state index in [1.807, 2.05) is 33.8 Å². The average molecular weight is 741 g/mol. The smallest absolute Gasteiger partial charge is 0.411 e. The van der Waals surface area contributed by atoms with E-state index in [-0.39, 0.29) is 44.7 Å². The minimum absolute atomic E-state index is 0.0622. The standard InChI is InChI=1S/C38H40Cl3N3O6/c1-9-16-44(35(48)49-37(6,7)8)38(14-11-15-38)32-30(31(42-50-32)29-25(40)18-23(39)19-26(29)41)33(45)43-20-21(2)28-22(12-10-13-27(28)43)17-24(34(46)47)36(3,4)5/h9-10,12-13,17-20H,1,11,14-16H2,2-8H3,(H,46,47)/b24-17-. The first kappa shape index (κ1) is 37.2. The van der Waals surface area contributed by atoms with Gasteiger partial charge in [0.1, 0.15) is 22.4 Å². The van der Waals surface area contributed by atoms with Crippen molar-refractivity contribution >= 4 is 69.8 Å². The van der Waals surface area contributed by atoms with Gasteiger partial charge in [0.2, 0.25) is 0 Å². The Balaban J connectivity index is 1.79. The summed E-state index contributed by atoms with van der Waals surface area (Å²) < 4.78 is 13.4. The van der Waals surface area contributed by atoms with E-state index in [4.69, 9.17) is 44.1 Å². The first-order chi connectivity index (χ1) is 23.3. The molecule has 0 saturated heterocycles. The molecule has 0 atom stereocenters. The SMILES string of the molecule is C=CCN(C(=O)OC(C)(C)C)C1(c2onc(-c3c(Cl)cc(Cl)cc3Cl)c2C(=O)n2cc(C)c3c(/C=C(/C(=O)O)C(C)(C)C)cccc32)CCC1. The number of carboxylic acids is 1. The Hall–Kier alpha value is -4.05. The number of fused-ring (bicyclic) bond motifs is 1. The zero-order valence-electron chi connectivity index (χ0n) is 29.1. The monoisotopic (exact) mass is 739 g/mol. The predicted octanol–water partition coefficient (Wildman–Crippen LogP) is 10.6. The molecule has 0 bridgehead atoms. The number of hydrogen-bond donors (Lipinski definition) is 1. The van der Waals surface area contributed by atoms with Gasteiger partial charge in [0, 0.05) is 34.3 Å². The third kappa shape index (κ3) is 6.83. The highest BCUT2D eigenvalue weighted by atomic mass is 35.5. The molecule has 50 heavy (non-hydrogen) atoms. The number of aryl methyl sites for hydroxylation is 1. The number of rotatable bonds is 8. The average Bonchev–Trinajstić information content (AvgIpc) is 3.54. The number of aliphatic carboxylic acids is 1. The molecule has 12 heteroatoms. The number of amides is 1. The fraction of sp³-hybridized carbons (Fsp3) is 0.368. The summed E-state index contributed by atoms with van der Waals surface area (Å²) in [6.45, 7) is 16.7. The second kappa shape index (κ2) is 13.6. The van der Waals surface area contributed by atoms with Crippen LogP contribution in [-0.2, 0) is 15.1 Å². The molecule has 2 aromatic carbocycles. The number of benzene rings is 2. The maximum Gasteiger partial charge on any atom is 0.411 e. The van der Waals surface area contributed by atoms with Crippen LogP contribution in [0.15, 0.2) is 59.3 Å². The molecule has 0 radical (unpaired) electrons. The van der Waals surface area contributed by atoms with Crippen LogP contribution in [0, 0.1) is 12.3 Å². The van der Waals surface area contributed by atoms with E-state index in [2.05, 4.69) is 11.7 Å². The van der Waals surface area contributed by atoms with E-state index in [0.717, 1.165) is 12.0 Å². The number of halogens is 3. The van der Waals surface area contributed by atoms with Gasteiger partial charge in [-0.25, -0.2) is 9.59 Å². The second-order valence-electron chi connectivity index (χ2n) is 14.6. The van der Waals surface area contributed by atoms with Gasteiger partial charge in [-0.1, -0.05) is 78.9 Å². The lowest BCUT2D eigenvalue weighted by molar-refractivity contribution is -0.133. The van der Waals surface area contributed by atoms with E-state index in [9.17, 15) is 14.7 Å². The molecular weight excluding hydrogens is 701 g/mol. The number of hydrogen-bond acceptors (Lipinski definition) is 6. The van der Waals surface area contributed by atoms with Crippen LogP contribution < -0.4 is 0 Å². The van der Waals surface area contributed by atoms with E-state index in [0.29, 0.717) is 34.3 Å². The minimum atomic E-state index is -1.10. The summed E-state index contributed by atoms with van der Waals surface area (Å²) in [5.41, 5.74) is -0.0233. The van der Waals surface area contributed by atoms with Crippen LogP contribution in [0.2, 0.25) is 15.1 Å². The number of carboxylic acid groups (broad SMARTS) is 1. The molecule has 5 rings (SSSR count). The molecule has 1 N–H and O–H groups in total. The van der Waals surface area contributed by atoms with Gasteiger partial charge in [-0.05, 0) is 87.8 Å². The molecule has 1 aliphatic rings. The van der Waals surface area contributed by atoms with Crippen LogP contribution in [0.4, 0.5) is 4.79 Å². The van der Waals surface area contributed by atoms with Gasteiger partial charge >= 0.3 is 12.1 Å². The summed E-state index contributed by atoms with van der Waals surface area (Å²) in [5, 5.41) is 15.7.